The highest BCUT2D eigenvalue weighted by Crippen LogP contribution is 2.48. The molecule has 0 amide bonds. The molecule has 2 aliphatic heterocycles. The van der Waals surface area contributed by atoms with Gasteiger partial charge in [-0.05, 0) is 6.92 Å². The molecule has 0 bridgehead atoms. The Labute approximate surface area is 201 Å². The van der Waals surface area contributed by atoms with Gasteiger partial charge >= 0.3 is 11.9 Å². The monoisotopic (exact) mass is 487 g/mol. The molecule has 4 rings (SSSR count). The Bertz CT molecular complexity index is 1270. The number of aliphatic hydroxyl groups is 1. The van der Waals surface area contributed by atoms with Gasteiger partial charge in [-0.15, -0.1) is 0 Å². The molecule has 0 aromatic carbocycles. The number of carbonyl (C=O) groups is 2. The Balaban J connectivity index is 1.92. The third-order valence-electron chi connectivity index (χ3n) is 6.08. The number of hydrogen-bond acceptors (Lipinski definition) is 11. The molecule has 2 aliphatic rings. The van der Waals surface area contributed by atoms with Gasteiger partial charge < -0.3 is 34.9 Å². The first-order chi connectivity index (χ1) is 16.5. The number of carbonyl (C=O) groups excluding carboxylic acids is 2. The van der Waals surface area contributed by atoms with Crippen LogP contribution in [-0.2, 0) is 23.8 Å². The second-order valence-electron chi connectivity index (χ2n) is 9.43. The van der Waals surface area contributed by atoms with E-state index in [4.69, 9.17) is 19.9 Å². The zero-order valence-corrected chi connectivity index (χ0v) is 20.1. The minimum Gasteiger partial charge on any atom is -0.455 e. The Kier molecular flexibility index (Phi) is 6.28. The molecule has 1 fully saturated rings. The molecule has 2 aromatic rings. The van der Waals surface area contributed by atoms with Crippen molar-refractivity contribution in [2.24, 2.45) is 16.8 Å². The summed E-state index contributed by atoms with van der Waals surface area (Å²) in [7, 11) is 0. The number of nitrogens with one attached hydrogen (secondary N) is 1. The molecule has 35 heavy (non-hydrogen) atoms. The summed E-state index contributed by atoms with van der Waals surface area (Å²) in [5.41, 5.74) is 4.27. The molecule has 4 atom stereocenters. The number of rotatable bonds is 6. The molecule has 0 aliphatic carbocycles. The van der Waals surface area contributed by atoms with Crippen LogP contribution in [-0.4, -0.2) is 57.4 Å². The van der Waals surface area contributed by atoms with Gasteiger partial charge in [0.2, 0.25) is 0 Å². The number of aliphatic imine (C=N–C) groups is 1. The largest absolute Gasteiger partial charge is 0.455 e. The van der Waals surface area contributed by atoms with Crippen molar-refractivity contribution in [1.82, 2.24) is 9.55 Å². The molecule has 12 heteroatoms. The van der Waals surface area contributed by atoms with E-state index in [1.807, 2.05) is 0 Å². The number of hydrogen-bond donors (Lipinski definition) is 3. The highest BCUT2D eigenvalue weighted by Gasteiger charge is 2.60. The number of aromatic nitrogens is 2. The molecule has 4 N–H and O–H groups in total. The predicted molar refractivity (Wildman–Crippen MR) is 127 cm³/mol. The van der Waals surface area contributed by atoms with Gasteiger partial charge in [-0.2, -0.15) is 4.98 Å². The smallest absolute Gasteiger partial charge is 0.309 e. The molecule has 0 spiro atoms. The number of ether oxygens (including phenoxy) is 3. The van der Waals surface area contributed by atoms with Crippen LogP contribution in [0.1, 0.15) is 40.8 Å². The van der Waals surface area contributed by atoms with Crippen molar-refractivity contribution in [2.45, 2.75) is 58.7 Å². The van der Waals surface area contributed by atoms with Gasteiger partial charge in [-0.3, -0.25) is 14.4 Å². The van der Waals surface area contributed by atoms with Gasteiger partial charge in [0, 0.05) is 23.3 Å². The number of nitrogen functional groups attached to an aromatic ring is 1. The average molecular weight is 488 g/mol. The second kappa shape index (κ2) is 8.93. The van der Waals surface area contributed by atoms with E-state index < -0.39 is 60.0 Å². The van der Waals surface area contributed by atoms with E-state index in [2.05, 4.69) is 15.3 Å². The summed E-state index contributed by atoms with van der Waals surface area (Å²) in [6.45, 7) is 7.80. The van der Waals surface area contributed by atoms with E-state index in [0.717, 1.165) is 0 Å². The van der Waals surface area contributed by atoms with Gasteiger partial charge in [-0.1, -0.05) is 27.7 Å². The SMILES string of the molecule is CC(C)C(=O)OC1C(CO)OC(n2cc3c(N)cc(=O)nc4c3c2N=CN4)C1(C)OC(=O)C(C)C. The number of nitrogens with zero attached hydrogens (tertiary/aromatic N) is 3. The minimum atomic E-state index is -1.54. The van der Waals surface area contributed by atoms with Crippen LogP contribution >= 0.6 is 0 Å². The Morgan fingerprint density at radius 2 is 1.97 bits per heavy atom. The summed E-state index contributed by atoms with van der Waals surface area (Å²) in [6, 6.07) is 1.20. The Hall–Kier alpha value is -3.51. The molecule has 12 nitrogen and oxygen atoms in total. The summed E-state index contributed by atoms with van der Waals surface area (Å²) >= 11 is 0. The van der Waals surface area contributed by atoms with E-state index in [1.165, 1.54) is 12.4 Å². The van der Waals surface area contributed by atoms with Crippen molar-refractivity contribution in [3.8, 4) is 0 Å². The fraction of sp³-hybridized carbons (Fsp3) is 0.522. The van der Waals surface area contributed by atoms with E-state index in [9.17, 15) is 19.5 Å². The van der Waals surface area contributed by atoms with Crippen LogP contribution in [0.3, 0.4) is 0 Å². The van der Waals surface area contributed by atoms with Crippen molar-refractivity contribution in [3.63, 3.8) is 0 Å². The van der Waals surface area contributed by atoms with Crippen LogP contribution < -0.4 is 16.6 Å². The summed E-state index contributed by atoms with van der Waals surface area (Å²) in [5.74, 6) is -1.41. The van der Waals surface area contributed by atoms with Crippen molar-refractivity contribution in [2.75, 3.05) is 17.7 Å². The van der Waals surface area contributed by atoms with E-state index in [-0.39, 0.29) is 11.5 Å². The summed E-state index contributed by atoms with van der Waals surface area (Å²) in [4.78, 5) is 45.8. The van der Waals surface area contributed by atoms with Crippen molar-refractivity contribution in [1.29, 1.82) is 0 Å². The maximum absolute atomic E-state index is 12.8. The lowest BCUT2D eigenvalue weighted by atomic mass is 9.95. The molecule has 0 saturated carbocycles. The molecule has 4 unspecified atom stereocenters. The summed E-state index contributed by atoms with van der Waals surface area (Å²) < 4.78 is 19.4. The lowest BCUT2D eigenvalue weighted by molar-refractivity contribution is -0.191. The Morgan fingerprint density at radius 1 is 1.29 bits per heavy atom. The standard InChI is InChI=1S/C23H29N5O7/c1-10(2)20(31)34-17-14(8-29)33-22(23(17,5)35-21(32)11(3)4)28-7-12-13(24)6-15(30)27-18-16(12)19(28)26-9-25-18/h6-7,9-11,14,17,22,29H,8,24H2,1-5H3,(H,25,26,27,30). The molecule has 188 valence electrons. The first kappa shape index (κ1) is 24.6. The van der Waals surface area contributed by atoms with Crippen molar-refractivity contribution in [3.05, 3.63) is 22.6 Å². The molecule has 4 heterocycles. The normalized spacial score (nSPS) is 25.2. The number of anilines is 2. The maximum atomic E-state index is 12.8. The molecular weight excluding hydrogens is 458 g/mol. The lowest BCUT2D eigenvalue weighted by Gasteiger charge is -2.35. The summed E-state index contributed by atoms with van der Waals surface area (Å²) in [6.07, 6.45) is -0.188. The highest BCUT2D eigenvalue weighted by atomic mass is 16.7. The highest BCUT2D eigenvalue weighted by molar-refractivity contribution is 6.10. The number of aliphatic hydroxyl groups excluding tert-OH is 1. The van der Waals surface area contributed by atoms with Crippen LogP contribution in [0.5, 0.6) is 0 Å². The quantitative estimate of drug-likeness (QED) is 0.508. The topological polar surface area (TPSA) is 167 Å². The average Bonchev–Trinajstić information content (AvgIpc) is 3.25. The second-order valence-corrected chi connectivity index (χ2v) is 9.43. The predicted octanol–water partition coefficient (Wildman–Crippen LogP) is 1.48. The van der Waals surface area contributed by atoms with Crippen LogP contribution in [0.25, 0.3) is 10.8 Å². The maximum Gasteiger partial charge on any atom is 0.309 e. The van der Waals surface area contributed by atoms with E-state index in [0.29, 0.717) is 16.6 Å². The molecule has 1 saturated heterocycles. The van der Waals surface area contributed by atoms with Crippen molar-refractivity contribution < 1.29 is 28.9 Å². The van der Waals surface area contributed by atoms with Gasteiger partial charge in [0.25, 0.3) is 5.56 Å². The van der Waals surface area contributed by atoms with Gasteiger partial charge in [0.05, 0.1) is 30.2 Å². The molecular formula is C23H29N5O7. The lowest BCUT2D eigenvalue weighted by Crippen LogP contribution is -2.51. The number of esters is 2. The fourth-order valence-corrected chi connectivity index (χ4v) is 4.20. The fourth-order valence-electron chi connectivity index (χ4n) is 4.20. The third kappa shape index (κ3) is 4.12. The Morgan fingerprint density at radius 3 is 2.60 bits per heavy atom. The molecule has 2 aromatic heterocycles. The zero-order chi connectivity index (χ0) is 25.7. The first-order valence-electron chi connectivity index (χ1n) is 11.3. The minimum absolute atomic E-state index is 0.169. The van der Waals surface area contributed by atoms with Gasteiger partial charge in [0.15, 0.2) is 17.9 Å². The van der Waals surface area contributed by atoms with Crippen LogP contribution in [0.15, 0.2) is 22.1 Å². The van der Waals surface area contributed by atoms with E-state index >= 15 is 0 Å². The zero-order valence-electron chi connectivity index (χ0n) is 20.1. The van der Waals surface area contributed by atoms with Gasteiger partial charge in [0.1, 0.15) is 17.7 Å². The summed E-state index contributed by atoms with van der Waals surface area (Å²) in [5, 5.41) is 13.9. The molecule has 0 radical (unpaired) electrons. The van der Waals surface area contributed by atoms with E-state index in [1.54, 1.807) is 45.4 Å². The van der Waals surface area contributed by atoms with Crippen LogP contribution in [0.2, 0.25) is 0 Å². The van der Waals surface area contributed by atoms with Gasteiger partial charge in [-0.25, -0.2) is 4.99 Å². The van der Waals surface area contributed by atoms with Crippen LogP contribution in [0.4, 0.5) is 17.3 Å². The third-order valence-corrected chi connectivity index (χ3v) is 6.08. The van der Waals surface area contributed by atoms with Crippen LogP contribution in [0, 0.1) is 11.8 Å². The first-order valence-corrected chi connectivity index (χ1v) is 11.3. The number of nitrogens with two attached hydrogens (primary N) is 1. The van der Waals surface area contributed by atoms with Crippen molar-refractivity contribution >= 4 is 46.4 Å².